The maximum absolute atomic E-state index is 12.9. The van der Waals surface area contributed by atoms with Crippen molar-refractivity contribution in [2.75, 3.05) is 20.1 Å². The zero-order valence-electron chi connectivity index (χ0n) is 16.2. The predicted octanol–water partition coefficient (Wildman–Crippen LogP) is 2.56. The maximum Gasteiger partial charge on any atom is 0.292 e. The van der Waals surface area contributed by atoms with Gasteiger partial charge in [-0.25, -0.2) is 0 Å². The van der Waals surface area contributed by atoms with Gasteiger partial charge in [-0.3, -0.25) is 14.6 Å². The van der Waals surface area contributed by atoms with Crippen molar-refractivity contribution in [2.24, 2.45) is 5.41 Å². The second-order valence-corrected chi connectivity index (χ2v) is 7.29. The second-order valence-electron chi connectivity index (χ2n) is 7.29. The molecule has 1 saturated heterocycles. The summed E-state index contributed by atoms with van der Waals surface area (Å²) in [6.07, 6.45) is 6.10. The van der Waals surface area contributed by atoms with Gasteiger partial charge in [-0.05, 0) is 30.0 Å². The molecule has 2 aromatic heterocycles. The Morgan fingerprint density at radius 3 is 2.76 bits per heavy atom. The predicted molar refractivity (Wildman–Crippen MR) is 107 cm³/mol. The molecule has 3 aromatic rings. The number of hydrogen-bond acceptors (Lipinski definition) is 5. The highest BCUT2D eigenvalue weighted by molar-refractivity contribution is 5.93. The first-order valence-electron chi connectivity index (χ1n) is 9.53. The van der Waals surface area contributed by atoms with E-state index in [0.29, 0.717) is 25.9 Å². The molecule has 1 fully saturated rings. The van der Waals surface area contributed by atoms with E-state index in [4.69, 9.17) is 4.52 Å². The summed E-state index contributed by atoms with van der Waals surface area (Å²) >= 11 is 0. The fourth-order valence-electron chi connectivity index (χ4n) is 4.05. The molecule has 4 rings (SSSR count). The van der Waals surface area contributed by atoms with E-state index < -0.39 is 5.41 Å². The SMILES string of the molecule is CNC(=O)[C@@]1(Cc2ccccc2-c2cccnc2)CCN(C(=O)c2ccno2)C1. The number of likely N-dealkylation sites (tertiary alicyclic amines) is 1. The zero-order valence-corrected chi connectivity index (χ0v) is 16.2. The lowest BCUT2D eigenvalue weighted by Crippen LogP contribution is -2.44. The van der Waals surface area contributed by atoms with Crippen LogP contribution in [0.5, 0.6) is 0 Å². The normalized spacial score (nSPS) is 18.6. The minimum atomic E-state index is -0.706. The van der Waals surface area contributed by atoms with Crippen molar-refractivity contribution >= 4 is 11.8 Å². The number of nitrogens with zero attached hydrogens (tertiary/aromatic N) is 3. The number of rotatable bonds is 5. The molecule has 29 heavy (non-hydrogen) atoms. The van der Waals surface area contributed by atoms with Crippen molar-refractivity contribution in [3.05, 3.63) is 72.4 Å². The molecular formula is C22H22N4O3. The van der Waals surface area contributed by atoms with E-state index in [-0.39, 0.29) is 17.6 Å². The quantitative estimate of drug-likeness (QED) is 0.723. The van der Waals surface area contributed by atoms with Crippen molar-refractivity contribution in [1.82, 2.24) is 20.4 Å². The van der Waals surface area contributed by atoms with E-state index in [0.717, 1.165) is 16.7 Å². The van der Waals surface area contributed by atoms with Crippen LogP contribution in [0.4, 0.5) is 0 Å². The highest BCUT2D eigenvalue weighted by Crippen LogP contribution is 2.38. The standard InChI is InChI=1S/C22H22N4O3/c1-23-21(28)22(9-12-26(15-22)20(27)19-8-11-25-29-19)13-16-5-2-3-7-18(16)17-6-4-10-24-14-17/h2-8,10-11,14H,9,12-13,15H2,1H3,(H,23,28)/t22-/m1/s1. The third-order valence-corrected chi connectivity index (χ3v) is 5.52. The van der Waals surface area contributed by atoms with E-state index in [1.807, 2.05) is 42.6 Å². The number of amides is 2. The fourth-order valence-corrected chi connectivity index (χ4v) is 4.05. The van der Waals surface area contributed by atoms with Crippen molar-refractivity contribution in [3.63, 3.8) is 0 Å². The largest absolute Gasteiger partial charge is 0.359 e. The highest BCUT2D eigenvalue weighted by Gasteiger charge is 2.46. The number of carbonyl (C=O) groups is 2. The molecule has 1 atom stereocenters. The van der Waals surface area contributed by atoms with Crippen LogP contribution in [-0.2, 0) is 11.2 Å². The van der Waals surface area contributed by atoms with Crippen LogP contribution < -0.4 is 5.32 Å². The minimum absolute atomic E-state index is 0.0636. The van der Waals surface area contributed by atoms with Gasteiger partial charge in [0.15, 0.2) is 0 Å². The lowest BCUT2D eigenvalue weighted by atomic mass is 9.78. The lowest BCUT2D eigenvalue weighted by molar-refractivity contribution is -0.129. The molecular weight excluding hydrogens is 368 g/mol. The summed E-state index contributed by atoms with van der Waals surface area (Å²) in [7, 11) is 1.64. The van der Waals surface area contributed by atoms with Gasteiger partial charge in [0.05, 0.1) is 11.6 Å². The molecule has 0 radical (unpaired) electrons. The Morgan fingerprint density at radius 1 is 1.17 bits per heavy atom. The van der Waals surface area contributed by atoms with Gasteiger partial charge in [0, 0.05) is 44.2 Å². The summed E-state index contributed by atoms with van der Waals surface area (Å²) in [6.45, 7) is 0.815. The first-order chi connectivity index (χ1) is 14.1. The summed E-state index contributed by atoms with van der Waals surface area (Å²) in [4.78, 5) is 31.5. The molecule has 3 heterocycles. The number of pyridine rings is 1. The van der Waals surface area contributed by atoms with Crippen LogP contribution in [0.2, 0.25) is 0 Å². The molecule has 0 spiro atoms. The molecule has 0 unspecified atom stereocenters. The zero-order chi connectivity index (χ0) is 20.3. The number of hydrogen-bond donors (Lipinski definition) is 1. The molecule has 0 saturated carbocycles. The average Bonchev–Trinajstić information content (AvgIpc) is 3.45. The summed E-state index contributed by atoms with van der Waals surface area (Å²) < 4.78 is 5.01. The molecule has 0 aliphatic carbocycles. The van der Waals surface area contributed by atoms with Crippen molar-refractivity contribution in [2.45, 2.75) is 12.8 Å². The minimum Gasteiger partial charge on any atom is -0.359 e. The molecule has 1 aromatic carbocycles. The number of benzene rings is 1. The Morgan fingerprint density at radius 2 is 2.03 bits per heavy atom. The summed E-state index contributed by atoms with van der Waals surface area (Å²) in [5.74, 6) is -0.117. The van der Waals surface area contributed by atoms with Crippen LogP contribution >= 0.6 is 0 Å². The van der Waals surface area contributed by atoms with E-state index in [1.54, 1.807) is 24.2 Å². The smallest absolute Gasteiger partial charge is 0.292 e. The summed E-state index contributed by atoms with van der Waals surface area (Å²) in [6, 6.07) is 13.5. The Hall–Kier alpha value is -3.48. The second kappa shape index (κ2) is 7.87. The average molecular weight is 390 g/mol. The number of carbonyl (C=O) groups excluding carboxylic acids is 2. The third-order valence-electron chi connectivity index (χ3n) is 5.52. The Kier molecular flexibility index (Phi) is 5.12. The van der Waals surface area contributed by atoms with Crippen LogP contribution in [-0.4, -0.2) is 47.0 Å². The molecule has 148 valence electrons. The number of nitrogens with one attached hydrogen (secondary N) is 1. The molecule has 0 bridgehead atoms. The van der Waals surface area contributed by atoms with Crippen LogP contribution in [0.25, 0.3) is 11.1 Å². The van der Waals surface area contributed by atoms with E-state index in [1.165, 1.54) is 6.20 Å². The first-order valence-corrected chi connectivity index (χ1v) is 9.53. The summed E-state index contributed by atoms with van der Waals surface area (Å²) in [5, 5.41) is 6.40. The Bertz CT molecular complexity index is 1000. The van der Waals surface area contributed by atoms with Gasteiger partial charge in [0.25, 0.3) is 5.91 Å². The van der Waals surface area contributed by atoms with Gasteiger partial charge in [0.1, 0.15) is 0 Å². The fraction of sp³-hybridized carbons (Fsp3) is 0.273. The molecule has 1 N–H and O–H groups in total. The number of aromatic nitrogens is 2. The van der Waals surface area contributed by atoms with Gasteiger partial charge in [-0.15, -0.1) is 0 Å². The topological polar surface area (TPSA) is 88.3 Å². The van der Waals surface area contributed by atoms with E-state index >= 15 is 0 Å². The highest BCUT2D eigenvalue weighted by atomic mass is 16.5. The van der Waals surface area contributed by atoms with Crippen LogP contribution in [0.1, 0.15) is 22.5 Å². The molecule has 7 nitrogen and oxygen atoms in total. The maximum atomic E-state index is 12.9. The van der Waals surface area contributed by atoms with Crippen molar-refractivity contribution < 1.29 is 14.1 Å². The van der Waals surface area contributed by atoms with Crippen LogP contribution in [0, 0.1) is 5.41 Å². The van der Waals surface area contributed by atoms with Gasteiger partial charge >= 0.3 is 0 Å². The van der Waals surface area contributed by atoms with Gasteiger partial charge < -0.3 is 14.7 Å². The Balaban J connectivity index is 1.65. The monoisotopic (exact) mass is 390 g/mol. The van der Waals surface area contributed by atoms with E-state index in [2.05, 4.69) is 15.5 Å². The Labute approximate surface area is 168 Å². The van der Waals surface area contributed by atoms with Crippen LogP contribution in [0.3, 0.4) is 0 Å². The van der Waals surface area contributed by atoms with Crippen molar-refractivity contribution in [1.29, 1.82) is 0 Å². The van der Waals surface area contributed by atoms with Gasteiger partial charge in [0.2, 0.25) is 11.7 Å². The molecule has 1 aliphatic heterocycles. The first kappa shape index (κ1) is 18.9. The molecule has 7 heteroatoms. The van der Waals surface area contributed by atoms with Gasteiger partial charge in [-0.1, -0.05) is 35.5 Å². The van der Waals surface area contributed by atoms with Crippen molar-refractivity contribution in [3.8, 4) is 11.1 Å². The van der Waals surface area contributed by atoms with Gasteiger partial charge in [-0.2, -0.15) is 0 Å². The summed E-state index contributed by atoms with van der Waals surface area (Å²) in [5.41, 5.74) is 2.40. The molecule has 1 aliphatic rings. The van der Waals surface area contributed by atoms with E-state index in [9.17, 15) is 9.59 Å². The third kappa shape index (κ3) is 3.63. The van der Waals surface area contributed by atoms with Crippen LogP contribution in [0.15, 0.2) is 65.6 Å². The molecule has 2 amide bonds. The lowest BCUT2D eigenvalue weighted by Gasteiger charge is -2.28.